The van der Waals surface area contributed by atoms with Crippen LogP contribution in [0.5, 0.6) is 0 Å². The van der Waals surface area contributed by atoms with Crippen LogP contribution in [0.1, 0.15) is 13.3 Å². The van der Waals surface area contributed by atoms with Crippen molar-refractivity contribution in [1.82, 2.24) is 19.8 Å². The fourth-order valence-corrected chi connectivity index (χ4v) is 1.64. The first kappa shape index (κ1) is 11.6. The van der Waals surface area contributed by atoms with E-state index < -0.39 is 0 Å². The molecular formula is C10H16N6O. The molecule has 0 spiro atoms. The van der Waals surface area contributed by atoms with Crippen LogP contribution in [0.2, 0.25) is 0 Å². The van der Waals surface area contributed by atoms with Crippen LogP contribution in [-0.4, -0.2) is 39.4 Å². The Balaban J connectivity index is 2.35. The Hall–Kier alpha value is -1.89. The van der Waals surface area contributed by atoms with E-state index in [1.165, 1.54) is 4.52 Å². The second kappa shape index (κ2) is 4.54. The molecular weight excluding hydrogens is 220 g/mol. The summed E-state index contributed by atoms with van der Waals surface area (Å²) in [5.74, 6) is 0.724. The van der Waals surface area contributed by atoms with Crippen molar-refractivity contribution in [3.63, 3.8) is 0 Å². The lowest BCUT2D eigenvalue weighted by Gasteiger charge is -2.25. The average Bonchev–Trinajstić information content (AvgIpc) is 2.70. The number of nitrogens with zero attached hydrogens (tertiary/aromatic N) is 4. The van der Waals surface area contributed by atoms with Gasteiger partial charge in [-0.25, -0.2) is 9.89 Å². The minimum Gasteiger partial charge on any atom is -0.355 e. The molecule has 3 N–H and O–H groups in total. The Morgan fingerprint density at radius 3 is 3.06 bits per heavy atom. The molecule has 0 aliphatic carbocycles. The molecule has 0 amide bonds. The van der Waals surface area contributed by atoms with Gasteiger partial charge in [0.25, 0.3) is 0 Å². The molecule has 0 aliphatic rings. The lowest BCUT2D eigenvalue weighted by Crippen LogP contribution is -2.32. The molecule has 0 bridgehead atoms. The van der Waals surface area contributed by atoms with Gasteiger partial charge in [0.15, 0.2) is 5.65 Å². The second-order valence-corrected chi connectivity index (χ2v) is 4.03. The number of nitrogens with one attached hydrogen (secondary N) is 1. The van der Waals surface area contributed by atoms with Crippen LogP contribution in [0.4, 0.5) is 5.82 Å². The van der Waals surface area contributed by atoms with E-state index in [1.807, 2.05) is 18.0 Å². The third kappa shape index (κ3) is 2.14. The van der Waals surface area contributed by atoms with E-state index in [0.717, 1.165) is 12.2 Å². The summed E-state index contributed by atoms with van der Waals surface area (Å²) in [6.07, 6.45) is 0.872. The zero-order valence-electron chi connectivity index (χ0n) is 9.92. The maximum atomic E-state index is 11.4. The highest BCUT2D eigenvalue weighted by atomic mass is 16.2. The maximum Gasteiger partial charge on any atom is 0.364 e. The van der Waals surface area contributed by atoms with Crippen LogP contribution in [0.25, 0.3) is 5.65 Å². The van der Waals surface area contributed by atoms with Gasteiger partial charge in [0.05, 0.1) is 0 Å². The molecule has 0 aliphatic heterocycles. The molecule has 0 saturated carbocycles. The molecule has 7 nitrogen and oxygen atoms in total. The standard InChI is InChI=1S/C10H16N6O/c1-7(5-6-11)15(2)9-4-3-8-12-13-10(17)16(8)14-9/h3-4,7H,5-6,11H2,1-2H3,(H,13,17). The van der Waals surface area contributed by atoms with E-state index >= 15 is 0 Å². The van der Waals surface area contributed by atoms with Crippen LogP contribution in [0.15, 0.2) is 16.9 Å². The fraction of sp³-hybridized carbons (Fsp3) is 0.500. The summed E-state index contributed by atoms with van der Waals surface area (Å²) in [4.78, 5) is 13.4. The van der Waals surface area contributed by atoms with Gasteiger partial charge in [-0.3, -0.25) is 0 Å². The van der Waals surface area contributed by atoms with Crippen molar-refractivity contribution in [3.05, 3.63) is 22.6 Å². The second-order valence-electron chi connectivity index (χ2n) is 4.03. The molecule has 1 atom stereocenters. The van der Waals surface area contributed by atoms with Crippen LogP contribution >= 0.6 is 0 Å². The van der Waals surface area contributed by atoms with Gasteiger partial charge in [0.2, 0.25) is 0 Å². The smallest absolute Gasteiger partial charge is 0.355 e. The van der Waals surface area contributed by atoms with Gasteiger partial charge in [0.1, 0.15) is 5.82 Å². The predicted molar refractivity (Wildman–Crippen MR) is 65.1 cm³/mol. The van der Waals surface area contributed by atoms with Gasteiger partial charge >= 0.3 is 5.69 Å². The van der Waals surface area contributed by atoms with Crippen molar-refractivity contribution in [3.8, 4) is 0 Å². The first-order chi connectivity index (χ1) is 8.13. The van der Waals surface area contributed by atoms with Crippen LogP contribution in [0, 0.1) is 0 Å². The number of H-pyrrole nitrogens is 1. The van der Waals surface area contributed by atoms with E-state index in [1.54, 1.807) is 6.07 Å². The number of fused-ring (bicyclic) bond motifs is 1. The average molecular weight is 236 g/mol. The number of rotatable bonds is 4. The molecule has 2 aromatic heterocycles. The molecule has 0 saturated heterocycles. The number of hydrogen-bond acceptors (Lipinski definition) is 5. The highest BCUT2D eigenvalue weighted by molar-refractivity contribution is 5.44. The number of aromatic amines is 1. The van der Waals surface area contributed by atoms with Crippen LogP contribution in [0.3, 0.4) is 0 Å². The van der Waals surface area contributed by atoms with Crippen LogP contribution < -0.4 is 16.3 Å². The molecule has 0 radical (unpaired) electrons. The van der Waals surface area contributed by atoms with Crippen molar-refractivity contribution >= 4 is 11.5 Å². The van der Waals surface area contributed by atoms with Crippen molar-refractivity contribution < 1.29 is 0 Å². The Kier molecular flexibility index (Phi) is 3.10. The molecule has 92 valence electrons. The largest absolute Gasteiger partial charge is 0.364 e. The summed E-state index contributed by atoms with van der Waals surface area (Å²) in [6, 6.07) is 3.86. The molecule has 1 unspecified atom stereocenters. The van der Waals surface area contributed by atoms with Crippen LogP contribution in [-0.2, 0) is 0 Å². The van der Waals surface area contributed by atoms with Crippen molar-refractivity contribution in [2.24, 2.45) is 5.73 Å². The zero-order chi connectivity index (χ0) is 12.4. The summed E-state index contributed by atoms with van der Waals surface area (Å²) in [7, 11) is 1.93. The minimum absolute atomic E-state index is 0.271. The normalized spacial score (nSPS) is 12.9. The van der Waals surface area contributed by atoms with E-state index in [2.05, 4.69) is 22.2 Å². The highest BCUT2D eigenvalue weighted by Gasteiger charge is 2.12. The molecule has 2 aromatic rings. The summed E-state index contributed by atoms with van der Waals surface area (Å²) in [5, 5.41) is 10.4. The van der Waals surface area contributed by atoms with Gasteiger partial charge in [-0.05, 0) is 32.0 Å². The topological polar surface area (TPSA) is 92.3 Å². The third-order valence-electron chi connectivity index (χ3n) is 2.87. The molecule has 0 fully saturated rings. The monoisotopic (exact) mass is 236 g/mol. The lowest BCUT2D eigenvalue weighted by molar-refractivity contribution is 0.623. The summed E-state index contributed by atoms with van der Waals surface area (Å²) in [5.41, 5.74) is 5.71. The lowest BCUT2D eigenvalue weighted by atomic mass is 10.2. The Morgan fingerprint density at radius 1 is 1.59 bits per heavy atom. The van der Waals surface area contributed by atoms with E-state index in [-0.39, 0.29) is 11.7 Å². The molecule has 17 heavy (non-hydrogen) atoms. The van der Waals surface area contributed by atoms with Gasteiger partial charge in [-0.1, -0.05) is 0 Å². The molecule has 2 heterocycles. The number of nitrogens with two attached hydrogens (primary N) is 1. The zero-order valence-corrected chi connectivity index (χ0v) is 9.92. The highest BCUT2D eigenvalue weighted by Crippen LogP contribution is 2.12. The Morgan fingerprint density at radius 2 is 2.35 bits per heavy atom. The predicted octanol–water partition coefficient (Wildman–Crippen LogP) is -0.409. The summed E-state index contributed by atoms with van der Waals surface area (Å²) < 4.78 is 1.25. The van der Waals surface area contributed by atoms with E-state index in [9.17, 15) is 4.79 Å². The molecule has 2 rings (SSSR count). The Bertz CT molecular complexity index is 559. The van der Waals surface area contributed by atoms with Gasteiger partial charge in [0, 0.05) is 13.1 Å². The minimum atomic E-state index is -0.332. The first-order valence-electron chi connectivity index (χ1n) is 5.51. The van der Waals surface area contributed by atoms with Crippen molar-refractivity contribution in [1.29, 1.82) is 0 Å². The quantitative estimate of drug-likeness (QED) is 0.753. The maximum absolute atomic E-state index is 11.4. The number of anilines is 1. The summed E-state index contributed by atoms with van der Waals surface area (Å²) >= 11 is 0. The van der Waals surface area contributed by atoms with Gasteiger partial charge in [-0.2, -0.15) is 9.61 Å². The van der Waals surface area contributed by atoms with Gasteiger partial charge < -0.3 is 10.6 Å². The first-order valence-corrected chi connectivity index (χ1v) is 5.51. The summed E-state index contributed by atoms with van der Waals surface area (Å²) in [6.45, 7) is 2.69. The number of aromatic nitrogens is 4. The van der Waals surface area contributed by atoms with Crippen molar-refractivity contribution in [2.45, 2.75) is 19.4 Å². The Labute approximate surface area is 98.2 Å². The SMILES string of the molecule is CC(CCN)N(C)c1ccc2n[nH]c(=O)n2n1. The third-order valence-corrected chi connectivity index (χ3v) is 2.87. The van der Waals surface area contributed by atoms with E-state index in [0.29, 0.717) is 12.2 Å². The van der Waals surface area contributed by atoms with E-state index in [4.69, 9.17) is 5.73 Å². The number of hydrogen-bond donors (Lipinski definition) is 2. The molecule has 0 aromatic carbocycles. The van der Waals surface area contributed by atoms with Crippen molar-refractivity contribution in [2.75, 3.05) is 18.5 Å². The van der Waals surface area contributed by atoms with Gasteiger partial charge in [-0.15, -0.1) is 5.10 Å². The fourth-order valence-electron chi connectivity index (χ4n) is 1.64. The molecule has 7 heteroatoms.